The van der Waals surface area contributed by atoms with Crippen LogP contribution in [0.25, 0.3) is 0 Å². The molecule has 0 aromatic heterocycles. The third kappa shape index (κ3) is 5.44. The van der Waals surface area contributed by atoms with Crippen LogP contribution in [0, 0.1) is 3.57 Å². The first-order valence-electron chi connectivity index (χ1n) is 9.75. The summed E-state index contributed by atoms with van der Waals surface area (Å²) in [6.07, 6.45) is 0.0743. The molecule has 160 valence electrons. The van der Waals surface area contributed by atoms with Crippen LogP contribution in [-0.4, -0.2) is 36.2 Å². The first-order valence-corrected chi connectivity index (χ1v) is 10.8. The average Bonchev–Trinajstić information content (AvgIpc) is 2.69. The summed E-state index contributed by atoms with van der Waals surface area (Å²) < 4.78 is 17.6. The highest BCUT2D eigenvalue weighted by Crippen LogP contribution is 2.34. The van der Waals surface area contributed by atoms with E-state index in [-0.39, 0.29) is 0 Å². The fraction of sp³-hybridized carbons (Fsp3) is 0.391. The van der Waals surface area contributed by atoms with Crippen molar-refractivity contribution in [1.82, 2.24) is 4.90 Å². The Hall–Kier alpha value is -2.29. The number of amides is 1. The zero-order valence-electron chi connectivity index (χ0n) is 17.6. The monoisotopic (exact) mass is 523 g/mol. The van der Waals surface area contributed by atoms with Gasteiger partial charge in [0.1, 0.15) is 18.0 Å². The molecule has 0 spiro atoms. The molecule has 1 amide bonds. The van der Waals surface area contributed by atoms with Gasteiger partial charge in [0.05, 0.1) is 7.11 Å². The van der Waals surface area contributed by atoms with Gasteiger partial charge < -0.3 is 14.2 Å². The van der Waals surface area contributed by atoms with Crippen LogP contribution in [0.4, 0.5) is 4.79 Å². The van der Waals surface area contributed by atoms with Crippen molar-refractivity contribution in [3.8, 4) is 5.75 Å². The highest BCUT2D eigenvalue weighted by Gasteiger charge is 2.39. The number of nitrogens with zero attached hydrogens (tertiary/aromatic N) is 1. The van der Waals surface area contributed by atoms with Crippen LogP contribution in [-0.2, 0) is 27.3 Å². The lowest BCUT2D eigenvalue weighted by molar-refractivity contribution is -0.147. The van der Waals surface area contributed by atoms with E-state index in [4.69, 9.17) is 14.2 Å². The summed E-state index contributed by atoms with van der Waals surface area (Å²) in [5, 5.41) is 0. The van der Waals surface area contributed by atoms with Crippen LogP contribution in [0.5, 0.6) is 5.75 Å². The Morgan fingerprint density at radius 1 is 1.17 bits per heavy atom. The van der Waals surface area contributed by atoms with Gasteiger partial charge in [0.2, 0.25) is 0 Å². The standard InChI is InChI=1S/C23H26INO5/c1-23(2,3)30-22(27)25-11-10-16-13-18(8-9-19(16)20(25)21(26)28-4)29-14-15-6-5-7-17(24)12-15/h5-9,12-13,20H,10-11,14H2,1-4H3. The number of esters is 1. The number of hydrogen-bond acceptors (Lipinski definition) is 5. The molecule has 7 heteroatoms. The van der Waals surface area contributed by atoms with Gasteiger partial charge in [0.25, 0.3) is 0 Å². The van der Waals surface area contributed by atoms with Crippen LogP contribution in [0.3, 0.4) is 0 Å². The largest absolute Gasteiger partial charge is 0.489 e. The molecule has 1 atom stereocenters. The van der Waals surface area contributed by atoms with Gasteiger partial charge in [-0.25, -0.2) is 9.59 Å². The Morgan fingerprint density at radius 2 is 1.93 bits per heavy atom. The molecule has 1 aliphatic rings. The molecule has 6 nitrogen and oxygen atoms in total. The quantitative estimate of drug-likeness (QED) is 0.423. The molecular formula is C23H26INO5. The number of ether oxygens (including phenoxy) is 3. The molecule has 3 rings (SSSR count). The van der Waals surface area contributed by atoms with E-state index in [1.807, 2.05) is 36.4 Å². The van der Waals surface area contributed by atoms with E-state index < -0.39 is 23.7 Å². The van der Waals surface area contributed by atoms with E-state index >= 15 is 0 Å². The van der Waals surface area contributed by atoms with Crippen LogP contribution >= 0.6 is 22.6 Å². The molecule has 0 aliphatic carbocycles. The molecule has 0 saturated heterocycles. The normalized spacial score (nSPS) is 15.9. The Bertz CT molecular complexity index is 937. The maximum atomic E-state index is 12.7. The number of carbonyl (C=O) groups is 2. The van der Waals surface area contributed by atoms with Gasteiger partial charge in [-0.1, -0.05) is 18.2 Å². The highest BCUT2D eigenvalue weighted by molar-refractivity contribution is 14.1. The van der Waals surface area contributed by atoms with E-state index in [0.29, 0.717) is 19.6 Å². The number of benzene rings is 2. The van der Waals surface area contributed by atoms with Crippen molar-refractivity contribution in [1.29, 1.82) is 0 Å². The van der Waals surface area contributed by atoms with Gasteiger partial charge in [0, 0.05) is 10.1 Å². The SMILES string of the molecule is COC(=O)C1c2ccc(OCc3cccc(I)c3)cc2CCN1C(=O)OC(C)(C)C. The topological polar surface area (TPSA) is 65.1 Å². The van der Waals surface area contributed by atoms with Gasteiger partial charge in [-0.2, -0.15) is 0 Å². The minimum Gasteiger partial charge on any atom is -0.489 e. The number of hydrogen-bond donors (Lipinski definition) is 0. The summed E-state index contributed by atoms with van der Waals surface area (Å²) in [5.74, 6) is 0.233. The van der Waals surface area contributed by atoms with Crippen molar-refractivity contribution in [3.63, 3.8) is 0 Å². The molecular weight excluding hydrogens is 497 g/mol. The van der Waals surface area contributed by atoms with Crippen molar-refractivity contribution < 1.29 is 23.8 Å². The van der Waals surface area contributed by atoms with Gasteiger partial charge in [-0.3, -0.25) is 4.90 Å². The molecule has 0 bridgehead atoms. The number of carbonyl (C=O) groups excluding carboxylic acids is 2. The fourth-order valence-corrected chi connectivity index (χ4v) is 3.98. The maximum absolute atomic E-state index is 12.7. The minimum absolute atomic E-state index is 0.363. The second kappa shape index (κ2) is 9.24. The summed E-state index contributed by atoms with van der Waals surface area (Å²) in [6, 6.07) is 12.9. The Balaban J connectivity index is 1.81. The molecule has 1 aliphatic heterocycles. The molecule has 0 saturated carbocycles. The summed E-state index contributed by atoms with van der Waals surface area (Å²) in [4.78, 5) is 26.6. The second-order valence-corrected chi connectivity index (χ2v) is 9.37. The molecule has 30 heavy (non-hydrogen) atoms. The lowest BCUT2D eigenvalue weighted by Gasteiger charge is -2.36. The Morgan fingerprint density at radius 3 is 2.60 bits per heavy atom. The average molecular weight is 523 g/mol. The van der Waals surface area contributed by atoms with Crippen molar-refractivity contribution in [2.24, 2.45) is 0 Å². The van der Waals surface area contributed by atoms with E-state index in [0.717, 1.165) is 26.0 Å². The zero-order valence-corrected chi connectivity index (χ0v) is 19.8. The first-order chi connectivity index (χ1) is 14.2. The van der Waals surface area contributed by atoms with Gasteiger partial charge in [-0.05, 0) is 90.7 Å². The minimum atomic E-state index is -0.835. The molecule has 0 fully saturated rings. The Labute approximate surface area is 190 Å². The van der Waals surface area contributed by atoms with Crippen LogP contribution < -0.4 is 4.74 Å². The zero-order chi connectivity index (χ0) is 21.9. The molecule has 2 aromatic rings. The summed E-state index contributed by atoms with van der Waals surface area (Å²) in [6.45, 7) is 6.22. The first kappa shape index (κ1) is 22.4. The van der Waals surface area contributed by atoms with Crippen molar-refractivity contribution in [2.75, 3.05) is 13.7 Å². The number of halogens is 1. The van der Waals surface area contributed by atoms with Gasteiger partial charge >= 0.3 is 12.1 Å². The van der Waals surface area contributed by atoms with Crippen LogP contribution in [0.15, 0.2) is 42.5 Å². The number of rotatable bonds is 4. The lowest BCUT2D eigenvalue weighted by atomic mass is 9.92. The van der Waals surface area contributed by atoms with E-state index in [9.17, 15) is 9.59 Å². The molecule has 2 aromatic carbocycles. The van der Waals surface area contributed by atoms with Crippen molar-refractivity contribution in [2.45, 2.75) is 45.4 Å². The lowest BCUT2D eigenvalue weighted by Crippen LogP contribution is -2.46. The predicted molar refractivity (Wildman–Crippen MR) is 121 cm³/mol. The molecule has 0 N–H and O–H groups in total. The number of fused-ring (bicyclic) bond motifs is 1. The molecule has 1 heterocycles. The summed E-state index contributed by atoms with van der Waals surface area (Å²) in [7, 11) is 1.32. The van der Waals surface area contributed by atoms with E-state index in [1.54, 1.807) is 20.8 Å². The third-order valence-corrected chi connectivity index (χ3v) is 5.36. The maximum Gasteiger partial charge on any atom is 0.411 e. The molecule has 0 radical (unpaired) electrons. The van der Waals surface area contributed by atoms with Crippen molar-refractivity contribution in [3.05, 3.63) is 62.7 Å². The molecule has 1 unspecified atom stereocenters. The van der Waals surface area contributed by atoms with Crippen LogP contribution in [0.1, 0.15) is 43.5 Å². The van der Waals surface area contributed by atoms with Crippen molar-refractivity contribution >= 4 is 34.7 Å². The summed E-state index contributed by atoms with van der Waals surface area (Å²) in [5.41, 5.74) is 2.14. The smallest absolute Gasteiger partial charge is 0.411 e. The Kier molecular flexibility index (Phi) is 6.90. The van der Waals surface area contributed by atoms with E-state index in [1.165, 1.54) is 12.0 Å². The van der Waals surface area contributed by atoms with Crippen LogP contribution in [0.2, 0.25) is 0 Å². The predicted octanol–water partition coefficient (Wildman–Crippen LogP) is 4.88. The summed E-state index contributed by atoms with van der Waals surface area (Å²) >= 11 is 2.27. The van der Waals surface area contributed by atoms with E-state index in [2.05, 4.69) is 28.7 Å². The fourth-order valence-electron chi connectivity index (χ4n) is 3.37. The van der Waals surface area contributed by atoms with Gasteiger partial charge in [-0.15, -0.1) is 0 Å². The third-order valence-electron chi connectivity index (χ3n) is 4.69. The highest BCUT2D eigenvalue weighted by atomic mass is 127. The number of methoxy groups -OCH3 is 1. The second-order valence-electron chi connectivity index (χ2n) is 8.13. The van der Waals surface area contributed by atoms with Gasteiger partial charge in [0.15, 0.2) is 6.04 Å².